The lowest BCUT2D eigenvalue weighted by molar-refractivity contribution is 0.482. The number of nitrogens with zero attached hydrogens (tertiary/aromatic N) is 5. The van der Waals surface area contributed by atoms with Crippen molar-refractivity contribution in [1.82, 2.24) is 30.7 Å². The Hall–Kier alpha value is -2.74. The number of benzene rings is 1. The predicted octanol–water partition coefficient (Wildman–Crippen LogP) is 1.10. The molecule has 3 heterocycles. The van der Waals surface area contributed by atoms with Gasteiger partial charge in [0.25, 0.3) is 0 Å². The van der Waals surface area contributed by atoms with E-state index >= 15 is 0 Å². The van der Waals surface area contributed by atoms with Crippen molar-refractivity contribution in [1.29, 1.82) is 0 Å². The fraction of sp³-hybridized carbons (Fsp3) is 0.375. The van der Waals surface area contributed by atoms with Crippen LogP contribution >= 0.6 is 0 Å². The van der Waals surface area contributed by atoms with E-state index in [0.717, 1.165) is 41.8 Å². The van der Waals surface area contributed by atoms with Crippen molar-refractivity contribution in [2.24, 2.45) is 0 Å². The number of rotatable bonds is 2. The van der Waals surface area contributed by atoms with E-state index in [0.29, 0.717) is 23.5 Å². The lowest BCUT2D eigenvalue weighted by Gasteiger charge is -2.32. The number of fused-ring (bicyclic) bond motifs is 1. The molecule has 1 saturated heterocycles. The molecule has 0 amide bonds. The summed E-state index contributed by atoms with van der Waals surface area (Å²) in [5, 5.41) is 20.0. The lowest BCUT2D eigenvalue weighted by atomic mass is 10.1. The molecule has 0 aliphatic carbocycles. The molecule has 8 nitrogen and oxygen atoms in total. The Labute approximate surface area is 139 Å². The van der Waals surface area contributed by atoms with Crippen molar-refractivity contribution in [2.45, 2.75) is 19.9 Å². The van der Waals surface area contributed by atoms with Gasteiger partial charge < -0.3 is 16.0 Å². The Kier molecular flexibility index (Phi) is 3.53. The highest BCUT2D eigenvalue weighted by Gasteiger charge is 2.21. The summed E-state index contributed by atoms with van der Waals surface area (Å²) in [4.78, 5) is 6.85. The van der Waals surface area contributed by atoms with Crippen molar-refractivity contribution in [2.75, 3.05) is 30.3 Å². The molecule has 4 N–H and O–H groups in total. The molecular weight excluding hydrogens is 304 g/mol. The van der Waals surface area contributed by atoms with Gasteiger partial charge in [-0.1, -0.05) is 0 Å². The monoisotopic (exact) mass is 324 g/mol. The average molecular weight is 324 g/mol. The molecule has 0 saturated carbocycles. The molecule has 24 heavy (non-hydrogen) atoms. The van der Waals surface area contributed by atoms with E-state index < -0.39 is 0 Å². The standard InChI is InChI=1S/C16H20N8/c1-9-8-24(6-5-18-9)16-14(17)22-23-15(19-16)11-3-4-13-12(7-11)10(2)20-21-13/h3-4,7,9,18H,5-6,8H2,1-2H3,(H2,17,22)(H,20,21)/t9-/m0/s1. The van der Waals surface area contributed by atoms with Gasteiger partial charge >= 0.3 is 0 Å². The van der Waals surface area contributed by atoms with Gasteiger partial charge in [-0.25, -0.2) is 4.98 Å². The molecule has 1 aliphatic heterocycles. The summed E-state index contributed by atoms with van der Waals surface area (Å²) in [5.41, 5.74) is 8.88. The highest BCUT2D eigenvalue weighted by Crippen LogP contribution is 2.26. The van der Waals surface area contributed by atoms with Crippen LogP contribution in [0.3, 0.4) is 0 Å². The second kappa shape index (κ2) is 5.72. The third-order valence-electron chi connectivity index (χ3n) is 4.36. The largest absolute Gasteiger partial charge is 0.379 e. The van der Waals surface area contributed by atoms with Gasteiger partial charge in [0.05, 0.1) is 5.52 Å². The zero-order valence-electron chi connectivity index (χ0n) is 13.7. The van der Waals surface area contributed by atoms with Crippen LogP contribution in [0.2, 0.25) is 0 Å². The number of nitrogen functional groups attached to an aromatic ring is 1. The number of hydrogen-bond donors (Lipinski definition) is 3. The maximum Gasteiger partial charge on any atom is 0.189 e. The van der Waals surface area contributed by atoms with Crippen molar-refractivity contribution in [3.63, 3.8) is 0 Å². The van der Waals surface area contributed by atoms with E-state index in [9.17, 15) is 0 Å². The van der Waals surface area contributed by atoms with Gasteiger partial charge in [0.2, 0.25) is 0 Å². The summed E-state index contributed by atoms with van der Waals surface area (Å²) in [6.45, 7) is 6.75. The summed E-state index contributed by atoms with van der Waals surface area (Å²) >= 11 is 0. The number of aromatic nitrogens is 5. The van der Waals surface area contributed by atoms with Crippen LogP contribution in [0.1, 0.15) is 12.6 Å². The number of aromatic amines is 1. The lowest BCUT2D eigenvalue weighted by Crippen LogP contribution is -2.49. The molecule has 1 atom stereocenters. The highest BCUT2D eigenvalue weighted by atomic mass is 15.3. The van der Waals surface area contributed by atoms with Crippen molar-refractivity contribution in [3.05, 3.63) is 23.9 Å². The van der Waals surface area contributed by atoms with Gasteiger partial charge in [0.1, 0.15) is 0 Å². The zero-order chi connectivity index (χ0) is 16.7. The summed E-state index contributed by atoms with van der Waals surface area (Å²) in [7, 11) is 0. The van der Waals surface area contributed by atoms with Gasteiger partial charge in [-0.15, -0.1) is 10.2 Å². The van der Waals surface area contributed by atoms with Crippen LogP contribution in [0.4, 0.5) is 11.6 Å². The first-order chi connectivity index (χ1) is 11.6. The van der Waals surface area contributed by atoms with Gasteiger partial charge in [-0.2, -0.15) is 5.10 Å². The van der Waals surface area contributed by atoms with Gasteiger partial charge in [0, 0.05) is 42.3 Å². The Morgan fingerprint density at radius 3 is 3.00 bits per heavy atom. The Morgan fingerprint density at radius 1 is 1.29 bits per heavy atom. The number of hydrogen-bond acceptors (Lipinski definition) is 7. The van der Waals surface area contributed by atoms with Crippen LogP contribution in [0.5, 0.6) is 0 Å². The minimum absolute atomic E-state index is 0.369. The van der Waals surface area contributed by atoms with Gasteiger partial charge in [-0.3, -0.25) is 5.10 Å². The van der Waals surface area contributed by atoms with Crippen molar-refractivity contribution < 1.29 is 0 Å². The van der Waals surface area contributed by atoms with Gasteiger partial charge in [0.15, 0.2) is 17.5 Å². The molecule has 0 unspecified atom stereocenters. The first-order valence-electron chi connectivity index (χ1n) is 8.05. The number of anilines is 2. The minimum Gasteiger partial charge on any atom is -0.379 e. The minimum atomic E-state index is 0.369. The molecule has 8 heteroatoms. The van der Waals surface area contributed by atoms with E-state index in [-0.39, 0.29) is 0 Å². The molecule has 3 aromatic rings. The van der Waals surface area contributed by atoms with Crippen molar-refractivity contribution in [3.8, 4) is 11.4 Å². The van der Waals surface area contributed by atoms with Crippen LogP contribution in [-0.4, -0.2) is 51.1 Å². The quantitative estimate of drug-likeness (QED) is 0.647. The number of H-pyrrole nitrogens is 1. The van der Waals surface area contributed by atoms with Crippen LogP contribution in [-0.2, 0) is 0 Å². The summed E-state index contributed by atoms with van der Waals surface area (Å²) in [6, 6.07) is 6.34. The fourth-order valence-corrected chi connectivity index (χ4v) is 3.08. The number of piperazine rings is 1. The van der Waals surface area contributed by atoms with E-state index in [1.54, 1.807) is 0 Å². The van der Waals surface area contributed by atoms with Crippen molar-refractivity contribution >= 4 is 22.5 Å². The maximum atomic E-state index is 6.03. The van der Waals surface area contributed by atoms with Crippen LogP contribution in [0.25, 0.3) is 22.3 Å². The second-order valence-corrected chi connectivity index (χ2v) is 6.23. The second-order valence-electron chi connectivity index (χ2n) is 6.23. The first-order valence-corrected chi connectivity index (χ1v) is 8.05. The normalized spacial score (nSPS) is 18.2. The molecule has 0 spiro atoms. The number of aryl methyl sites for hydroxylation is 1. The third-order valence-corrected chi connectivity index (χ3v) is 4.36. The highest BCUT2D eigenvalue weighted by molar-refractivity contribution is 5.85. The topological polar surface area (TPSA) is 109 Å². The molecule has 0 bridgehead atoms. The zero-order valence-corrected chi connectivity index (χ0v) is 13.7. The molecule has 1 aliphatic rings. The van der Waals surface area contributed by atoms with Gasteiger partial charge in [-0.05, 0) is 32.0 Å². The van der Waals surface area contributed by atoms with Crippen LogP contribution in [0.15, 0.2) is 18.2 Å². The SMILES string of the molecule is Cc1[nH]nc2ccc(-c3nnc(N)c(N4CCN[C@@H](C)C4)n3)cc12. The van der Waals surface area contributed by atoms with E-state index in [4.69, 9.17) is 10.7 Å². The Morgan fingerprint density at radius 2 is 2.17 bits per heavy atom. The summed E-state index contributed by atoms with van der Waals surface area (Å²) in [5.74, 6) is 1.65. The average Bonchev–Trinajstić information content (AvgIpc) is 2.96. The van der Waals surface area contributed by atoms with Crippen LogP contribution in [0, 0.1) is 6.92 Å². The first kappa shape index (κ1) is 14.8. The van der Waals surface area contributed by atoms with Crippen LogP contribution < -0.4 is 16.0 Å². The fourth-order valence-electron chi connectivity index (χ4n) is 3.08. The number of nitrogens with two attached hydrogens (primary N) is 1. The number of nitrogens with one attached hydrogen (secondary N) is 2. The molecule has 2 aromatic heterocycles. The van der Waals surface area contributed by atoms with E-state index in [2.05, 4.69) is 37.5 Å². The third kappa shape index (κ3) is 2.54. The molecule has 1 fully saturated rings. The van der Waals surface area contributed by atoms with E-state index in [1.165, 1.54) is 0 Å². The molecular formula is C16H20N8. The Bertz CT molecular complexity index is 887. The molecule has 1 aromatic carbocycles. The molecule has 124 valence electrons. The Balaban J connectivity index is 1.74. The molecule has 4 rings (SSSR count). The maximum absolute atomic E-state index is 6.03. The van der Waals surface area contributed by atoms with E-state index in [1.807, 2.05) is 25.1 Å². The summed E-state index contributed by atoms with van der Waals surface area (Å²) in [6.07, 6.45) is 0. The predicted molar refractivity (Wildman–Crippen MR) is 93.7 cm³/mol. The molecule has 0 radical (unpaired) electrons. The smallest absolute Gasteiger partial charge is 0.189 e. The summed E-state index contributed by atoms with van der Waals surface area (Å²) < 4.78 is 0.